The second-order valence-electron chi connectivity index (χ2n) is 9.88. The predicted molar refractivity (Wildman–Crippen MR) is 135 cm³/mol. The van der Waals surface area contributed by atoms with Crippen LogP contribution in [0, 0.1) is 11.8 Å². The highest BCUT2D eigenvalue weighted by molar-refractivity contribution is 6.00. The average molecular weight is 488 g/mol. The van der Waals surface area contributed by atoms with Gasteiger partial charge in [0.25, 0.3) is 0 Å². The van der Waals surface area contributed by atoms with E-state index in [0.717, 1.165) is 11.1 Å². The number of aromatic nitrogens is 2. The van der Waals surface area contributed by atoms with Gasteiger partial charge in [0.05, 0.1) is 11.0 Å². The number of fused-ring (bicyclic) bond motifs is 1. The zero-order valence-corrected chi connectivity index (χ0v) is 20.9. The number of hydrogen-bond donors (Lipinski definition) is 1. The summed E-state index contributed by atoms with van der Waals surface area (Å²) < 4.78 is 8.33. The maximum atomic E-state index is 13.0. The number of hydrogen-bond acceptors (Lipinski definition) is 5. The minimum absolute atomic E-state index is 0.191. The largest absolute Gasteiger partial charge is 0.460 e. The third-order valence-corrected chi connectivity index (χ3v) is 5.99. The van der Waals surface area contributed by atoms with E-state index < -0.39 is 17.6 Å². The molecule has 0 aliphatic carbocycles. The van der Waals surface area contributed by atoms with Crippen LogP contribution >= 0.6 is 0 Å². The van der Waals surface area contributed by atoms with Gasteiger partial charge >= 0.3 is 11.7 Å². The number of amides is 2. The number of rotatable bonds is 4. The van der Waals surface area contributed by atoms with Crippen LogP contribution in [0.5, 0.6) is 0 Å². The van der Waals surface area contributed by atoms with Crippen LogP contribution in [0.1, 0.15) is 62.8 Å². The van der Waals surface area contributed by atoms with Gasteiger partial charge < -0.3 is 4.74 Å². The normalized spacial score (nSPS) is 15.8. The second kappa shape index (κ2) is 9.86. The molecule has 1 aliphatic heterocycles. The lowest BCUT2D eigenvalue weighted by Crippen LogP contribution is -2.44. The van der Waals surface area contributed by atoms with E-state index in [1.807, 2.05) is 51.1 Å². The Morgan fingerprint density at radius 3 is 2.56 bits per heavy atom. The number of ether oxygens (including phenoxy) is 1. The van der Waals surface area contributed by atoms with E-state index in [0.29, 0.717) is 23.0 Å². The van der Waals surface area contributed by atoms with Crippen LogP contribution in [-0.2, 0) is 32.6 Å². The molecule has 1 N–H and O–H groups in total. The van der Waals surface area contributed by atoms with Gasteiger partial charge in [-0.15, -0.1) is 0 Å². The Balaban J connectivity index is 1.60. The van der Waals surface area contributed by atoms with Gasteiger partial charge in [-0.25, -0.2) is 4.79 Å². The molecular weight excluding hydrogens is 458 g/mol. The van der Waals surface area contributed by atoms with Crippen LogP contribution in [0.3, 0.4) is 0 Å². The molecule has 0 radical (unpaired) electrons. The number of benzene rings is 2. The van der Waals surface area contributed by atoms with Crippen molar-refractivity contribution in [1.29, 1.82) is 0 Å². The Kier molecular flexibility index (Phi) is 6.84. The van der Waals surface area contributed by atoms with Crippen LogP contribution in [0.25, 0.3) is 11.0 Å². The van der Waals surface area contributed by atoms with Crippen molar-refractivity contribution in [1.82, 2.24) is 14.5 Å². The van der Waals surface area contributed by atoms with E-state index in [9.17, 15) is 19.2 Å². The van der Waals surface area contributed by atoms with Crippen molar-refractivity contribution in [2.45, 2.75) is 58.1 Å². The van der Waals surface area contributed by atoms with Gasteiger partial charge in [-0.3, -0.25) is 28.8 Å². The quantitative estimate of drug-likeness (QED) is 0.347. The molecule has 3 aromatic rings. The molecule has 1 aromatic heterocycles. The Morgan fingerprint density at radius 2 is 1.83 bits per heavy atom. The van der Waals surface area contributed by atoms with Gasteiger partial charge in [0, 0.05) is 31.0 Å². The van der Waals surface area contributed by atoms with Crippen molar-refractivity contribution in [3.8, 4) is 11.8 Å². The van der Waals surface area contributed by atoms with Crippen LogP contribution in [-0.4, -0.2) is 32.5 Å². The minimum atomic E-state index is -0.729. The highest BCUT2D eigenvalue weighted by atomic mass is 16.6. The SMILES string of the molecule is Cn1c(=O)n(C2CCC(=O)NC2=O)c2ccc(C#Cc3ccccc3CCC(=O)OC(C)(C)C)cc21. The van der Waals surface area contributed by atoms with Crippen LogP contribution < -0.4 is 11.0 Å². The molecule has 4 rings (SSSR count). The summed E-state index contributed by atoms with van der Waals surface area (Å²) >= 11 is 0. The lowest BCUT2D eigenvalue weighted by molar-refractivity contribution is -0.154. The van der Waals surface area contributed by atoms with Crippen molar-refractivity contribution < 1.29 is 19.1 Å². The first-order valence-corrected chi connectivity index (χ1v) is 11.9. The zero-order chi connectivity index (χ0) is 26.0. The van der Waals surface area contributed by atoms with Crippen LogP contribution in [0.2, 0.25) is 0 Å². The van der Waals surface area contributed by atoms with Crippen molar-refractivity contribution in [2.24, 2.45) is 7.05 Å². The fourth-order valence-corrected chi connectivity index (χ4v) is 4.30. The monoisotopic (exact) mass is 487 g/mol. The van der Waals surface area contributed by atoms with Crippen molar-refractivity contribution in [3.63, 3.8) is 0 Å². The number of nitrogens with zero attached hydrogens (tertiary/aromatic N) is 2. The molecule has 2 heterocycles. The van der Waals surface area contributed by atoms with Gasteiger partial charge in [-0.2, -0.15) is 0 Å². The summed E-state index contributed by atoms with van der Waals surface area (Å²) in [5.41, 5.74) is 2.89. The minimum Gasteiger partial charge on any atom is -0.460 e. The number of piperidine rings is 1. The fourth-order valence-electron chi connectivity index (χ4n) is 4.30. The maximum absolute atomic E-state index is 13.0. The topological polar surface area (TPSA) is 99.4 Å². The highest BCUT2D eigenvalue weighted by Crippen LogP contribution is 2.23. The molecular formula is C28H29N3O5. The summed E-state index contributed by atoms with van der Waals surface area (Å²) in [6.07, 6.45) is 1.25. The van der Waals surface area contributed by atoms with Crippen LogP contribution in [0.4, 0.5) is 0 Å². The first-order chi connectivity index (χ1) is 17.0. The third-order valence-electron chi connectivity index (χ3n) is 5.99. The molecule has 0 bridgehead atoms. The average Bonchev–Trinajstić information content (AvgIpc) is 3.05. The number of carbonyl (C=O) groups excluding carboxylic acids is 3. The molecule has 0 saturated carbocycles. The summed E-state index contributed by atoms with van der Waals surface area (Å²) in [7, 11) is 1.65. The second-order valence-corrected chi connectivity index (χ2v) is 9.88. The van der Waals surface area contributed by atoms with E-state index in [2.05, 4.69) is 17.2 Å². The molecule has 186 valence electrons. The van der Waals surface area contributed by atoms with Crippen molar-refractivity contribution in [2.75, 3.05) is 0 Å². The molecule has 2 aromatic carbocycles. The van der Waals surface area contributed by atoms with E-state index in [-0.39, 0.29) is 36.8 Å². The fraction of sp³-hybridized carbons (Fsp3) is 0.357. The number of imide groups is 1. The number of aryl methyl sites for hydroxylation is 2. The molecule has 1 saturated heterocycles. The summed E-state index contributed by atoms with van der Waals surface area (Å²) in [4.78, 5) is 49.0. The molecule has 1 aliphatic rings. The number of imidazole rings is 1. The summed E-state index contributed by atoms with van der Waals surface area (Å²) in [6, 6.07) is 12.3. The lowest BCUT2D eigenvalue weighted by atomic mass is 10.0. The first-order valence-electron chi connectivity index (χ1n) is 11.9. The highest BCUT2D eigenvalue weighted by Gasteiger charge is 2.31. The van der Waals surface area contributed by atoms with E-state index in [1.54, 1.807) is 19.2 Å². The molecule has 2 amide bonds. The van der Waals surface area contributed by atoms with Crippen molar-refractivity contribution in [3.05, 3.63) is 69.6 Å². The number of carbonyl (C=O) groups is 3. The Labute approximate surface area is 209 Å². The predicted octanol–water partition coefficient (Wildman–Crippen LogP) is 2.99. The number of esters is 1. The molecule has 36 heavy (non-hydrogen) atoms. The zero-order valence-electron chi connectivity index (χ0n) is 20.9. The molecule has 8 nitrogen and oxygen atoms in total. The molecule has 1 fully saturated rings. The summed E-state index contributed by atoms with van der Waals surface area (Å²) in [5, 5.41) is 2.31. The standard InChI is InChI=1S/C28H29N3O5/c1-28(2,3)36-25(33)16-12-20-8-6-5-7-19(20)11-9-18-10-13-21-23(17-18)30(4)27(35)31(21)22-14-15-24(32)29-26(22)34/h5-8,10,13,17,22H,12,14-16H2,1-4H3,(H,29,32,34). The maximum Gasteiger partial charge on any atom is 0.329 e. The lowest BCUT2D eigenvalue weighted by Gasteiger charge is -2.21. The van der Waals surface area contributed by atoms with Gasteiger partial charge in [0.2, 0.25) is 11.8 Å². The summed E-state index contributed by atoms with van der Waals surface area (Å²) in [6.45, 7) is 5.53. The molecule has 0 spiro atoms. The van der Waals surface area contributed by atoms with E-state index in [4.69, 9.17) is 4.74 Å². The van der Waals surface area contributed by atoms with Crippen LogP contribution in [0.15, 0.2) is 47.3 Å². The first kappa shape index (κ1) is 25.0. The van der Waals surface area contributed by atoms with Gasteiger partial charge in [0.1, 0.15) is 11.6 Å². The summed E-state index contributed by atoms with van der Waals surface area (Å²) in [5.74, 6) is 5.30. The van der Waals surface area contributed by atoms with Gasteiger partial charge in [-0.1, -0.05) is 30.0 Å². The Hall–Kier alpha value is -4.12. The van der Waals surface area contributed by atoms with Gasteiger partial charge in [-0.05, 0) is 63.4 Å². The van der Waals surface area contributed by atoms with E-state index >= 15 is 0 Å². The Morgan fingerprint density at radius 1 is 1.08 bits per heavy atom. The van der Waals surface area contributed by atoms with E-state index in [1.165, 1.54) is 9.13 Å². The smallest absolute Gasteiger partial charge is 0.329 e. The molecule has 8 heteroatoms. The van der Waals surface area contributed by atoms with Crippen molar-refractivity contribution >= 4 is 28.8 Å². The molecule has 1 atom stereocenters. The Bertz CT molecular complexity index is 1480. The number of nitrogens with one attached hydrogen (secondary N) is 1. The van der Waals surface area contributed by atoms with Gasteiger partial charge in [0.15, 0.2) is 0 Å². The third kappa shape index (κ3) is 5.41. The molecule has 1 unspecified atom stereocenters.